The van der Waals surface area contributed by atoms with Gasteiger partial charge in [-0.25, -0.2) is 0 Å². The van der Waals surface area contributed by atoms with Crippen molar-refractivity contribution in [2.75, 3.05) is 12.3 Å². The van der Waals surface area contributed by atoms with Gasteiger partial charge >= 0.3 is 0 Å². The first kappa shape index (κ1) is 15.6. The molecule has 0 aliphatic rings. The molecule has 1 N–H and O–H groups in total. The van der Waals surface area contributed by atoms with Crippen LogP contribution in [0.3, 0.4) is 0 Å². The minimum Gasteiger partial charge on any atom is -0.355 e. The maximum atomic E-state index is 11.8. The lowest BCUT2D eigenvalue weighted by Crippen LogP contribution is -2.27. The molecule has 0 spiro atoms. The second-order valence-electron chi connectivity index (χ2n) is 5.12. The standard InChI is InChI=1S/C18H21NOS/c1-14-8-9-17(12-15(14)2)21-13-18(20)19-11-10-16-6-4-3-5-7-16/h3-9,12H,10-11,13H2,1-2H3,(H,19,20). The molecule has 0 bridgehead atoms. The molecule has 2 nitrogen and oxygen atoms in total. The second kappa shape index (κ2) is 7.89. The van der Waals surface area contributed by atoms with Crippen LogP contribution in [-0.2, 0) is 11.2 Å². The molecule has 110 valence electrons. The van der Waals surface area contributed by atoms with E-state index in [1.165, 1.54) is 16.7 Å². The summed E-state index contributed by atoms with van der Waals surface area (Å²) in [5.74, 6) is 0.561. The van der Waals surface area contributed by atoms with Gasteiger partial charge in [0.15, 0.2) is 0 Å². The van der Waals surface area contributed by atoms with E-state index in [2.05, 4.69) is 49.5 Å². The van der Waals surface area contributed by atoms with Crippen molar-refractivity contribution >= 4 is 17.7 Å². The van der Waals surface area contributed by atoms with Crippen molar-refractivity contribution in [3.05, 3.63) is 65.2 Å². The maximum Gasteiger partial charge on any atom is 0.230 e. The van der Waals surface area contributed by atoms with Crippen LogP contribution in [0.15, 0.2) is 53.4 Å². The van der Waals surface area contributed by atoms with E-state index in [1.54, 1.807) is 11.8 Å². The van der Waals surface area contributed by atoms with Gasteiger partial charge in [0.05, 0.1) is 5.75 Å². The van der Waals surface area contributed by atoms with Crippen LogP contribution in [0, 0.1) is 13.8 Å². The lowest BCUT2D eigenvalue weighted by atomic mass is 10.1. The number of carbonyl (C=O) groups is 1. The Balaban J connectivity index is 1.71. The van der Waals surface area contributed by atoms with Crippen LogP contribution < -0.4 is 5.32 Å². The number of hydrogen-bond donors (Lipinski definition) is 1. The number of aryl methyl sites for hydroxylation is 2. The van der Waals surface area contributed by atoms with Crippen molar-refractivity contribution < 1.29 is 4.79 Å². The quantitative estimate of drug-likeness (QED) is 0.823. The summed E-state index contributed by atoms with van der Waals surface area (Å²) in [6.45, 7) is 4.88. The van der Waals surface area contributed by atoms with Gasteiger partial charge in [-0.2, -0.15) is 0 Å². The highest BCUT2D eigenvalue weighted by atomic mass is 32.2. The van der Waals surface area contributed by atoms with Gasteiger partial charge in [0, 0.05) is 11.4 Å². The maximum absolute atomic E-state index is 11.8. The third kappa shape index (κ3) is 5.27. The Hall–Kier alpha value is -1.74. The van der Waals surface area contributed by atoms with Crippen molar-refractivity contribution in [3.63, 3.8) is 0 Å². The van der Waals surface area contributed by atoms with Crippen molar-refractivity contribution in [1.82, 2.24) is 5.32 Å². The Labute approximate surface area is 131 Å². The lowest BCUT2D eigenvalue weighted by Gasteiger charge is -2.07. The summed E-state index contributed by atoms with van der Waals surface area (Å²) in [6, 6.07) is 16.5. The van der Waals surface area contributed by atoms with Crippen LogP contribution in [0.4, 0.5) is 0 Å². The summed E-state index contributed by atoms with van der Waals surface area (Å²) in [4.78, 5) is 13.0. The zero-order valence-corrected chi connectivity index (χ0v) is 13.4. The molecule has 0 aromatic heterocycles. The molecule has 0 unspecified atom stereocenters. The number of hydrogen-bond acceptors (Lipinski definition) is 2. The molecule has 0 aliphatic heterocycles. The van der Waals surface area contributed by atoms with Crippen LogP contribution in [0.2, 0.25) is 0 Å². The van der Waals surface area contributed by atoms with E-state index in [0.29, 0.717) is 12.3 Å². The summed E-state index contributed by atoms with van der Waals surface area (Å²) in [6.07, 6.45) is 0.876. The Morgan fingerprint density at radius 3 is 2.52 bits per heavy atom. The highest BCUT2D eigenvalue weighted by molar-refractivity contribution is 8.00. The van der Waals surface area contributed by atoms with Crippen LogP contribution in [0.1, 0.15) is 16.7 Å². The average molecular weight is 299 g/mol. The molecule has 0 aliphatic carbocycles. The number of benzene rings is 2. The highest BCUT2D eigenvalue weighted by Gasteiger charge is 2.03. The number of rotatable bonds is 6. The molecular formula is C18H21NOS. The summed E-state index contributed by atoms with van der Waals surface area (Å²) < 4.78 is 0. The fourth-order valence-electron chi connectivity index (χ4n) is 1.99. The van der Waals surface area contributed by atoms with Gasteiger partial charge in [0.25, 0.3) is 0 Å². The van der Waals surface area contributed by atoms with E-state index in [9.17, 15) is 4.79 Å². The average Bonchev–Trinajstić information content (AvgIpc) is 2.49. The van der Waals surface area contributed by atoms with Crippen molar-refractivity contribution in [2.24, 2.45) is 0 Å². The molecule has 0 atom stereocenters. The normalized spacial score (nSPS) is 10.4. The monoisotopic (exact) mass is 299 g/mol. The second-order valence-corrected chi connectivity index (χ2v) is 6.17. The van der Waals surface area contributed by atoms with E-state index in [-0.39, 0.29) is 5.91 Å². The molecule has 2 rings (SSSR count). The van der Waals surface area contributed by atoms with E-state index < -0.39 is 0 Å². The van der Waals surface area contributed by atoms with Crippen molar-refractivity contribution in [2.45, 2.75) is 25.2 Å². The fraction of sp³-hybridized carbons (Fsp3) is 0.278. The number of nitrogens with one attached hydrogen (secondary N) is 1. The third-order valence-electron chi connectivity index (χ3n) is 3.43. The molecule has 0 fully saturated rings. The molecule has 0 saturated carbocycles. The Kier molecular flexibility index (Phi) is 5.88. The summed E-state index contributed by atoms with van der Waals surface area (Å²) in [5.41, 5.74) is 3.80. The van der Waals surface area contributed by atoms with E-state index in [1.807, 2.05) is 18.2 Å². The molecule has 0 heterocycles. The number of amides is 1. The zero-order valence-electron chi connectivity index (χ0n) is 12.6. The Bertz CT molecular complexity index is 595. The van der Waals surface area contributed by atoms with E-state index in [4.69, 9.17) is 0 Å². The molecule has 2 aromatic carbocycles. The largest absolute Gasteiger partial charge is 0.355 e. The minimum absolute atomic E-state index is 0.0918. The van der Waals surface area contributed by atoms with Crippen LogP contribution in [-0.4, -0.2) is 18.2 Å². The Morgan fingerprint density at radius 1 is 1.05 bits per heavy atom. The van der Waals surface area contributed by atoms with E-state index >= 15 is 0 Å². The van der Waals surface area contributed by atoms with Gasteiger partial charge < -0.3 is 5.32 Å². The summed E-state index contributed by atoms with van der Waals surface area (Å²) in [7, 11) is 0. The van der Waals surface area contributed by atoms with Crippen LogP contribution >= 0.6 is 11.8 Å². The van der Waals surface area contributed by atoms with Gasteiger partial charge in [-0.15, -0.1) is 11.8 Å². The minimum atomic E-state index is 0.0918. The molecule has 0 radical (unpaired) electrons. The number of thioether (sulfide) groups is 1. The molecule has 0 saturated heterocycles. The van der Waals surface area contributed by atoms with Gasteiger partial charge in [0.1, 0.15) is 0 Å². The van der Waals surface area contributed by atoms with E-state index in [0.717, 1.165) is 11.3 Å². The molecule has 21 heavy (non-hydrogen) atoms. The SMILES string of the molecule is Cc1ccc(SCC(=O)NCCc2ccccc2)cc1C. The number of carbonyl (C=O) groups excluding carboxylic acids is 1. The Morgan fingerprint density at radius 2 is 1.81 bits per heavy atom. The summed E-state index contributed by atoms with van der Waals surface area (Å²) >= 11 is 1.59. The molecule has 3 heteroatoms. The molecule has 2 aromatic rings. The van der Waals surface area contributed by atoms with Gasteiger partial charge in [-0.05, 0) is 49.1 Å². The van der Waals surface area contributed by atoms with Crippen LogP contribution in [0.5, 0.6) is 0 Å². The van der Waals surface area contributed by atoms with Gasteiger partial charge in [-0.1, -0.05) is 36.4 Å². The molecular weight excluding hydrogens is 278 g/mol. The van der Waals surface area contributed by atoms with Gasteiger partial charge in [0.2, 0.25) is 5.91 Å². The van der Waals surface area contributed by atoms with Crippen molar-refractivity contribution in [3.8, 4) is 0 Å². The third-order valence-corrected chi connectivity index (χ3v) is 4.42. The molecule has 1 amide bonds. The predicted molar refractivity (Wildman–Crippen MR) is 89.8 cm³/mol. The van der Waals surface area contributed by atoms with Crippen LogP contribution in [0.25, 0.3) is 0 Å². The zero-order chi connectivity index (χ0) is 15.1. The van der Waals surface area contributed by atoms with Crippen molar-refractivity contribution in [1.29, 1.82) is 0 Å². The predicted octanol–water partition coefficient (Wildman–Crippen LogP) is 3.75. The topological polar surface area (TPSA) is 29.1 Å². The fourth-order valence-corrected chi connectivity index (χ4v) is 2.82. The summed E-state index contributed by atoms with van der Waals surface area (Å²) in [5, 5.41) is 2.97. The highest BCUT2D eigenvalue weighted by Crippen LogP contribution is 2.20. The lowest BCUT2D eigenvalue weighted by molar-refractivity contribution is -0.118. The van der Waals surface area contributed by atoms with Gasteiger partial charge in [-0.3, -0.25) is 4.79 Å². The first-order valence-electron chi connectivity index (χ1n) is 7.16. The first-order valence-corrected chi connectivity index (χ1v) is 8.14. The first-order chi connectivity index (χ1) is 10.1. The smallest absolute Gasteiger partial charge is 0.230 e.